The number of carbonyl (C=O) groups excluding carboxylic acids is 1. The summed E-state index contributed by atoms with van der Waals surface area (Å²) in [5.74, 6) is -0.389. The number of ether oxygens (including phenoxy) is 1. The van der Waals surface area contributed by atoms with Crippen LogP contribution in [0.25, 0.3) is 0 Å². The second-order valence-corrected chi connectivity index (χ2v) is 6.68. The molecule has 1 aromatic carbocycles. The quantitative estimate of drug-likeness (QED) is 0.798. The highest BCUT2D eigenvalue weighted by atomic mass is 79.9. The van der Waals surface area contributed by atoms with Crippen LogP contribution in [0.5, 0.6) is 0 Å². The molecule has 0 saturated carbocycles. The topological polar surface area (TPSA) is 60.4 Å². The van der Waals surface area contributed by atoms with Crippen LogP contribution in [-0.4, -0.2) is 27.2 Å². The average molecular weight is 321 g/mol. The largest absolute Gasteiger partial charge is 0.465 e. The highest BCUT2D eigenvalue weighted by Crippen LogP contribution is 2.21. The maximum Gasteiger partial charge on any atom is 0.337 e. The number of sulfone groups is 1. The Hall–Kier alpha value is -0.880. The Bertz CT molecular complexity index is 522. The predicted molar refractivity (Wildman–Crippen MR) is 68.6 cm³/mol. The molecule has 0 unspecified atom stereocenters. The van der Waals surface area contributed by atoms with Gasteiger partial charge in [-0.1, -0.05) is 28.9 Å². The molecule has 0 N–H and O–H groups in total. The fraction of sp³-hybridized carbons (Fsp3) is 0.364. The standard InChI is InChI=1S/C11H13BrO4S/c1-3-17(14,15)7-9-5-4-8(6-10(9)12)11(13)16-2/h4-6H,3,7H2,1-2H3. The van der Waals surface area contributed by atoms with Gasteiger partial charge in [0.15, 0.2) is 9.84 Å². The Kier molecular flexibility index (Phi) is 4.70. The van der Waals surface area contributed by atoms with Crippen molar-refractivity contribution in [1.82, 2.24) is 0 Å². The van der Waals surface area contributed by atoms with E-state index in [0.29, 0.717) is 15.6 Å². The number of halogens is 1. The number of carbonyl (C=O) groups is 1. The molecule has 94 valence electrons. The smallest absolute Gasteiger partial charge is 0.337 e. The lowest BCUT2D eigenvalue weighted by molar-refractivity contribution is 0.0600. The van der Waals surface area contributed by atoms with Gasteiger partial charge in [0.2, 0.25) is 0 Å². The highest BCUT2D eigenvalue weighted by Gasteiger charge is 2.13. The van der Waals surface area contributed by atoms with Crippen LogP contribution in [0.3, 0.4) is 0 Å². The SMILES string of the molecule is CCS(=O)(=O)Cc1ccc(C(=O)OC)cc1Br. The Morgan fingerprint density at radius 2 is 2.06 bits per heavy atom. The van der Waals surface area contributed by atoms with Crippen LogP contribution < -0.4 is 0 Å². The van der Waals surface area contributed by atoms with E-state index in [1.165, 1.54) is 7.11 Å². The lowest BCUT2D eigenvalue weighted by atomic mass is 10.1. The van der Waals surface area contributed by atoms with Crippen molar-refractivity contribution in [2.24, 2.45) is 0 Å². The fourth-order valence-corrected chi connectivity index (χ4v) is 2.88. The molecule has 0 aliphatic rings. The number of methoxy groups -OCH3 is 1. The van der Waals surface area contributed by atoms with E-state index in [4.69, 9.17) is 0 Å². The zero-order valence-corrected chi connectivity index (χ0v) is 12.0. The first-order valence-corrected chi connectivity index (χ1v) is 7.58. The van der Waals surface area contributed by atoms with Crippen molar-refractivity contribution in [1.29, 1.82) is 0 Å². The molecular weight excluding hydrogens is 308 g/mol. The second kappa shape index (κ2) is 5.64. The third-order valence-corrected chi connectivity index (χ3v) is 4.66. The van der Waals surface area contributed by atoms with E-state index in [1.807, 2.05) is 0 Å². The van der Waals surface area contributed by atoms with E-state index in [-0.39, 0.29) is 11.5 Å². The van der Waals surface area contributed by atoms with Gasteiger partial charge in [-0.3, -0.25) is 0 Å². The zero-order chi connectivity index (χ0) is 13.1. The summed E-state index contributed by atoms with van der Waals surface area (Å²) < 4.78 is 28.1. The molecule has 1 rings (SSSR count). The van der Waals surface area contributed by atoms with E-state index in [2.05, 4.69) is 20.7 Å². The molecule has 0 spiro atoms. The van der Waals surface area contributed by atoms with Crippen LogP contribution >= 0.6 is 15.9 Å². The Morgan fingerprint density at radius 3 is 2.53 bits per heavy atom. The zero-order valence-electron chi connectivity index (χ0n) is 9.57. The van der Waals surface area contributed by atoms with Crippen LogP contribution in [0.15, 0.2) is 22.7 Å². The van der Waals surface area contributed by atoms with Crippen LogP contribution in [0.2, 0.25) is 0 Å². The molecule has 0 bridgehead atoms. The molecule has 0 amide bonds. The van der Waals surface area contributed by atoms with Gasteiger partial charge in [0, 0.05) is 10.2 Å². The normalized spacial score (nSPS) is 11.2. The van der Waals surface area contributed by atoms with Gasteiger partial charge >= 0.3 is 5.97 Å². The summed E-state index contributed by atoms with van der Waals surface area (Å²) in [5, 5.41) is 0. The van der Waals surface area contributed by atoms with Gasteiger partial charge in [-0.05, 0) is 17.7 Å². The Labute approximate surface area is 109 Å². The number of hydrogen-bond donors (Lipinski definition) is 0. The van der Waals surface area contributed by atoms with E-state index in [9.17, 15) is 13.2 Å². The second-order valence-electron chi connectivity index (χ2n) is 3.47. The summed E-state index contributed by atoms with van der Waals surface area (Å²) in [5.41, 5.74) is 1.02. The van der Waals surface area contributed by atoms with Gasteiger partial charge in [-0.15, -0.1) is 0 Å². The number of rotatable bonds is 4. The van der Waals surface area contributed by atoms with E-state index in [0.717, 1.165) is 0 Å². The molecule has 6 heteroatoms. The van der Waals surface area contributed by atoms with E-state index in [1.54, 1.807) is 25.1 Å². The first-order chi connectivity index (χ1) is 7.89. The van der Waals surface area contributed by atoms with Gasteiger partial charge < -0.3 is 4.74 Å². The minimum Gasteiger partial charge on any atom is -0.465 e. The van der Waals surface area contributed by atoms with Gasteiger partial charge in [-0.25, -0.2) is 13.2 Å². The molecule has 0 aromatic heterocycles. The van der Waals surface area contributed by atoms with Crippen LogP contribution in [0.4, 0.5) is 0 Å². The van der Waals surface area contributed by atoms with Crippen molar-refractivity contribution in [3.63, 3.8) is 0 Å². The Morgan fingerprint density at radius 1 is 1.41 bits per heavy atom. The highest BCUT2D eigenvalue weighted by molar-refractivity contribution is 9.10. The Balaban J connectivity index is 3.03. The van der Waals surface area contributed by atoms with Crippen molar-refractivity contribution in [3.05, 3.63) is 33.8 Å². The summed E-state index contributed by atoms with van der Waals surface area (Å²) in [6.07, 6.45) is 0. The summed E-state index contributed by atoms with van der Waals surface area (Å²) in [7, 11) is -1.78. The molecule has 1 aromatic rings. The molecule has 0 heterocycles. The van der Waals surface area contributed by atoms with Crippen molar-refractivity contribution in [3.8, 4) is 0 Å². The van der Waals surface area contributed by atoms with Gasteiger partial charge in [0.1, 0.15) is 0 Å². The third-order valence-electron chi connectivity index (χ3n) is 2.29. The minimum absolute atomic E-state index is 0.0362. The molecule has 0 aliphatic heterocycles. The van der Waals surface area contributed by atoms with Crippen molar-refractivity contribution in [2.45, 2.75) is 12.7 Å². The summed E-state index contributed by atoms with van der Waals surface area (Å²) in [6.45, 7) is 1.60. The van der Waals surface area contributed by atoms with Gasteiger partial charge in [0.05, 0.1) is 18.4 Å². The van der Waals surface area contributed by atoms with E-state index >= 15 is 0 Å². The van der Waals surface area contributed by atoms with Crippen molar-refractivity contribution < 1.29 is 17.9 Å². The fourth-order valence-electron chi connectivity index (χ4n) is 1.25. The molecule has 0 radical (unpaired) electrons. The first-order valence-electron chi connectivity index (χ1n) is 4.96. The molecule has 0 saturated heterocycles. The molecule has 4 nitrogen and oxygen atoms in total. The molecule has 0 fully saturated rings. The minimum atomic E-state index is -3.08. The van der Waals surface area contributed by atoms with Crippen molar-refractivity contribution >= 4 is 31.7 Å². The maximum absolute atomic E-state index is 11.5. The number of hydrogen-bond acceptors (Lipinski definition) is 4. The summed E-state index contributed by atoms with van der Waals surface area (Å²) in [4.78, 5) is 11.3. The van der Waals surface area contributed by atoms with E-state index < -0.39 is 15.8 Å². The molecular formula is C11H13BrO4S. The molecule has 0 atom stereocenters. The summed E-state index contributed by atoms with van der Waals surface area (Å²) >= 11 is 3.25. The maximum atomic E-state index is 11.5. The van der Waals surface area contributed by atoms with Crippen LogP contribution in [-0.2, 0) is 20.3 Å². The summed E-state index contributed by atoms with van der Waals surface area (Å²) in [6, 6.07) is 4.73. The van der Waals surface area contributed by atoms with Gasteiger partial charge in [-0.2, -0.15) is 0 Å². The number of esters is 1. The van der Waals surface area contributed by atoms with Crippen LogP contribution in [0, 0.1) is 0 Å². The lowest BCUT2D eigenvalue weighted by Crippen LogP contribution is -2.08. The molecule has 17 heavy (non-hydrogen) atoms. The van der Waals surface area contributed by atoms with Crippen LogP contribution in [0.1, 0.15) is 22.8 Å². The monoisotopic (exact) mass is 320 g/mol. The van der Waals surface area contributed by atoms with Gasteiger partial charge in [0.25, 0.3) is 0 Å². The average Bonchev–Trinajstić information content (AvgIpc) is 2.30. The first kappa shape index (κ1) is 14.2. The third kappa shape index (κ3) is 3.81. The predicted octanol–water partition coefficient (Wildman–Crippen LogP) is 2.17. The lowest BCUT2D eigenvalue weighted by Gasteiger charge is -2.06. The van der Waals surface area contributed by atoms with Crippen molar-refractivity contribution in [2.75, 3.05) is 12.9 Å². The molecule has 0 aliphatic carbocycles. The number of benzene rings is 1.